The predicted octanol–water partition coefficient (Wildman–Crippen LogP) is -1.15. The summed E-state index contributed by atoms with van der Waals surface area (Å²) < 4.78 is 22.6. The van der Waals surface area contributed by atoms with Gasteiger partial charge in [-0.1, -0.05) is 0 Å². The lowest BCUT2D eigenvalue weighted by Gasteiger charge is -2.28. The standard InChI is InChI=1S/C11H16N4O5S/c16-10(17)9(5-8-6-12-7-13-8)14-11(18)15-1-3-21(19,20)4-2-15/h6-7,9H,1-5H2,(H,12,13)(H,14,18)(H,16,17)/t9-/m0/s1. The van der Waals surface area contributed by atoms with Gasteiger partial charge < -0.3 is 20.3 Å². The van der Waals surface area contributed by atoms with Crippen molar-refractivity contribution in [1.82, 2.24) is 20.2 Å². The molecule has 2 rings (SSSR count). The molecule has 2 amide bonds. The number of sulfone groups is 1. The number of carboxylic acids is 1. The van der Waals surface area contributed by atoms with E-state index in [-0.39, 0.29) is 31.0 Å². The van der Waals surface area contributed by atoms with Crippen molar-refractivity contribution in [2.75, 3.05) is 24.6 Å². The largest absolute Gasteiger partial charge is 0.480 e. The van der Waals surface area contributed by atoms with Gasteiger partial charge in [-0.25, -0.2) is 23.0 Å². The van der Waals surface area contributed by atoms with Crippen molar-refractivity contribution in [3.05, 3.63) is 18.2 Å². The number of nitrogens with one attached hydrogen (secondary N) is 2. The molecule has 0 radical (unpaired) electrons. The number of carbonyl (C=O) groups excluding carboxylic acids is 1. The molecule has 9 nitrogen and oxygen atoms in total. The Balaban J connectivity index is 1.94. The number of imidazole rings is 1. The molecule has 0 spiro atoms. The molecule has 1 atom stereocenters. The maximum absolute atomic E-state index is 12.0. The van der Waals surface area contributed by atoms with Crippen LogP contribution in [0.15, 0.2) is 12.5 Å². The van der Waals surface area contributed by atoms with Gasteiger partial charge in [0.15, 0.2) is 9.84 Å². The van der Waals surface area contributed by atoms with Crippen LogP contribution in [0, 0.1) is 0 Å². The summed E-state index contributed by atoms with van der Waals surface area (Å²) >= 11 is 0. The monoisotopic (exact) mass is 316 g/mol. The second-order valence-electron chi connectivity index (χ2n) is 4.76. The first-order valence-electron chi connectivity index (χ1n) is 6.33. The Morgan fingerprint density at radius 2 is 2.10 bits per heavy atom. The van der Waals surface area contributed by atoms with Gasteiger partial charge in [-0.3, -0.25) is 0 Å². The van der Waals surface area contributed by atoms with Crippen molar-refractivity contribution in [2.24, 2.45) is 0 Å². The molecule has 0 unspecified atom stereocenters. The lowest BCUT2D eigenvalue weighted by Crippen LogP contribution is -2.52. The third-order valence-corrected chi connectivity index (χ3v) is 4.82. The molecule has 1 saturated heterocycles. The molecular formula is C11H16N4O5S. The molecule has 21 heavy (non-hydrogen) atoms. The van der Waals surface area contributed by atoms with Gasteiger partial charge in [0.2, 0.25) is 0 Å². The van der Waals surface area contributed by atoms with Crippen LogP contribution in [0.2, 0.25) is 0 Å². The average molecular weight is 316 g/mol. The molecule has 1 aliphatic heterocycles. The number of rotatable bonds is 4. The van der Waals surface area contributed by atoms with Crippen LogP contribution in [0.5, 0.6) is 0 Å². The molecule has 116 valence electrons. The molecule has 0 aliphatic carbocycles. The molecule has 3 N–H and O–H groups in total. The number of H-pyrrole nitrogens is 1. The second-order valence-corrected chi connectivity index (χ2v) is 7.06. The highest BCUT2D eigenvalue weighted by molar-refractivity contribution is 7.91. The van der Waals surface area contributed by atoms with Gasteiger partial charge in [-0.2, -0.15) is 0 Å². The molecule has 2 heterocycles. The number of aliphatic carboxylic acids is 1. The highest BCUT2D eigenvalue weighted by atomic mass is 32.2. The van der Waals surface area contributed by atoms with Crippen molar-refractivity contribution in [3.8, 4) is 0 Å². The van der Waals surface area contributed by atoms with E-state index in [0.717, 1.165) is 0 Å². The fraction of sp³-hybridized carbons (Fsp3) is 0.545. The van der Waals surface area contributed by atoms with Gasteiger partial charge in [0, 0.05) is 31.4 Å². The fourth-order valence-corrected chi connectivity index (χ4v) is 3.17. The fourth-order valence-electron chi connectivity index (χ4n) is 1.97. The van der Waals surface area contributed by atoms with Crippen molar-refractivity contribution in [1.29, 1.82) is 0 Å². The normalized spacial score (nSPS) is 19.0. The van der Waals surface area contributed by atoms with Crippen LogP contribution in [0.25, 0.3) is 0 Å². The summed E-state index contributed by atoms with van der Waals surface area (Å²) in [5.74, 6) is -1.36. The van der Waals surface area contributed by atoms with E-state index in [2.05, 4.69) is 15.3 Å². The van der Waals surface area contributed by atoms with Crippen LogP contribution >= 0.6 is 0 Å². The zero-order valence-electron chi connectivity index (χ0n) is 11.2. The zero-order valence-corrected chi connectivity index (χ0v) is 12.0. The Labute approximate surface area is 121 Å². The number of aromatic nitrogens is 2. The Morgan fingerprint density at radius 1 is 1.43 bits per heavy atom. The predicted molar refractivity (Wildman–Crippen MR) is 72.5 cm³/mol. The van der Waals surface area contributed by atoms with E-state index < -0.39 is 27.9 Å². The molecule has 0 aromatic carbocycles. The van der Waals surface area contributed by atoms with Crippen molar-refractivity contribution < 1.29 is 23.1 Å². The summed E-state index contributed by atoms with van der Waals surface area (Å²) in [4.78, 5) is 31.0. The summed E-state index contributed by atoms with van der Waals surface area (Å²) in [6.07, 6.45) is 2.98. The molecular weight excluding hydrogens is 300 g/mol. The highest BCUT2D eigenvalue weighted by Crippen LogP contribution is 2.05. The van der Waals surface area contributed by atoms with Crippen molar-refractivity contribution in [3.63, 3.8) is 0 Å². The summed E-state index contributed by atoms with van der Waals surface area (Å²) in [7, 11) is -3.09. The van der Waals surface area contributed by atoms with Crippen LogP contribution in [0.3, 0.4) is 0 Å². The number of amides is 2. The van der Waals surface area contributed by atoms with Gasteiger partial charge in [-0.05, 0) is 0 Å². The molecule has 1 aromatic rings. The van der Waals surface area contributed by atoms with Gasteiger partial charge in [0.25, 0.3) is 0 Å². The number of carbonyl (C=O) groups is 2. The van der Waals surface area contributed by atoms with Crippen LogP contribution in [0.1, 0.15) is 5.69 Å². The topological polar surface area (TPSA) is 132 Å². The van der Waals surface area contributed by atoms with Crippen molar-refractivity contribution in [2.45, 2.75) is 12.5 Å². The third kappa shape index (κ3) is 4.18. The van der Waals surface area contributed by atoms with E-state index >= 15 is 0 Å². The van der Waals surface area contributed by atoms with E-state index in [1.807, 2.05) is 0 Å². The van der Waals surface area contributed by atoms with E-state index in [1.54, 1.807) is 0 Å². The molecule has 1 fully saturated rings. The van der Waals surface area contributed by atoms with Gasteiger partial charge in [0.1, 0.15) is 6.04 Å². The minimum atomic E-state index is -3.09. The molecule has 10 heteroatoms. The maximum atomic E-state index is 12.0. The quantitative estimate of drug-likeness (QED) is 0.642. The smallest absolute Gasteiger partial charge is 0.326 e. The minimum absolute atomic E-state index is 0.0740. The van der Waals surface area contributed by atoms with E-state index in [9.17, 15) is 18.0 Å². The first kappa shape index (κ1) is 15.3. The Morgan fingerprint density at radius 3 is 2.62 bits per heavy atom. The summed E-state index contributed by atoms with van der Waals surface area (Å²) in [6, 6.07) is -1.67. The SMILES string of the molecule is O=C(O)[C@H](Cc1cnc[nH]1)NC(=O)N1CCS(=O)(=O)CC1. The highest BCUT2D eigenvalue weighted by Gasteiger charge is 2.28. The second kappa shape index (κ2) is 6.12. The van der Waals surface area contributed by atoms with Crippen LogP contribution in [-0.2, 0) is 21.1 Å². The Hall–Kier alpha value is -2.10. The number of aromatic amines is 1. The number of hydrogen-bond donors (Lipinski definition) is 3. The molecule has 0 bridgehead atoms. The van der Waals surface area contributed by atoms with Gasteiger partial charge in [-0.15, -0.1) is 0 Å². The van der Waals surface area contributed by atoms with E-state index in [4.69, 9.17) is 5.11 Å². The lowest BCUT2D eigenvalue weighted by molar-refractivity contribution is -0.139. The first-order chi connectivity index (χ1) is 9.87. The first-order valence-corrected chi connectivity index (χ1v) is 8.15. The Kier molecular flexibility index (Phi) is 4.46. The molecule has 1 aromatic heterocycles. The average Bonchev–Trinajstić information content (AvgIpc) is 2.90. The summed E-state index contributed by atoms with van der Waals surface area (Å²) in [5.41, 5.74) is 0.587. The van der Waals surface area contributed by atoms with Crippen LogP contribution < -0.4 is 5.32 Å². The molecule has 1 aliphatic rings. The third-order valence-electron chi connectivity index (χ3n) is 3.21. The van der Waals surface area contributed by atoms with E-state index in [1.165, 1.54) is 17.4 Å². The summed E-state index contributed by atoms with van der Waals surface area (Å²) in [6.45, 7) is 0.148. The minimum Gasteiger partial charge on any atom is -0.480 e. The lowest BCUT2D eigenvalue weighted by atomic mass is 10.1. The molecule has 0 saturated carbocycles. The Bertz CT molecular complexity index is 599. The van der Waals surface area contributed by atoms with Crippen LogP contribution in [0.4, 0.5) is 4.79 Å². The number of nitrogens with zero attached hydrogens (tertiary/aromatic N) is 2. The van der Waals surface area contributed by atoms with E-state index in [0.29, 0.717) is 5.69 Å². The zero-order chi connectivity index (χ0) is 15.5. The summed E-state index contributed by atoms with van der Waals surface area (Å²) in [5, 5.41) is 11.5. The van der Waals surface area contributed by atoms with Gasteiger partial charge in [0.05, 0.1) is 17.8 Å². The number of carboxylic acid groups (broad SMARTS) is 1. The number of urea groups is 1. The van der Waals surface area contributed by atoms with Gasteiger partial charge >= 0.3 is 12.0 Å². The van der Waals surface area contributed by atoms with Crippen LogP contribution in [-0.4, -0.2) is 71.0 Å². The number of hydrogen-bond acceptors (Lipinski definition) is 5. The van der Waals surface area contributed by atoms with Crippen molar-refractivity contribution >= 4 is 21.8 Å². The maximum Gasteiger partial charge on any atom is 0.326 e.